The quantitative estimate of drug-likeness (QED) is 0.307. The van der Waals surface area contributed by atoms with Gasteiger partial charge in [-0.1, -0.05) is 18.2 Å². The summed E-state index contributed by atoms with van der Waals surface area (Å²) in [5, 5.41) is 5.13. The molecule has 4 nitrogen and oxygen atoms in total. The van der Waals surface area contributed by atoms with E-state index < -0.39 is 0 Å². The van der Waals surface area contributed by atoms with Crippen LogP contribution in [0.2, 0.25) is 0 Å². The van der Waals surface area contributed by atoms with Crippen molar-refractivity contribution in [1.82, 2.24) is 5.32 Å². The topological polar surface area (TPSA) is 59.6 Å². The fourth-order valence-electron chi connectivity index (χ4n) is 1.85. The molecule has 0 aliphatic rings. The highest BCUT2D eigenvalue weighted by atomic mass is 127. The van der Waals surface area contributed by atoms with Gasteiger partial charge in [-0.2, -0.15) is 0 Å². The maximum absolute atomic E-state index is 5.80. The summed E-state index contributed by atoms with van der Waals surface area (Å²) in [6.45, 7) is 3.95. The molecule has 0 spiro atoms. The lowest BCUT2D eigenvalue weighted by Crippen LogP contribution is -2.34. The third-order valence-corrected chi connectivity index (χ3v) is 3.82. The smallest absolute Gasteiger partial charge is 0.188 e. The number of hydrogen-bond acceptors (Lipinski definition) is 3. The number of thiophene rings is 1. The minimum absolute atomic E-state index is 0. The number of benzene rings is 1. The molecule has 120 valence electrons. The van der Waals surface area contributed by atoms with Crippen molar-refractivity contribution < 1.29 is 4.74 Å². The van der Waals surface area contributed by atoms with Crippen LogP contribution in [-0.4, -0.2) is 25.7 Å². The number of hydrogen-bond donors (Lipinski definition) is 2. The van der Waals surface area contributed by atoms with Gasteiger partial charge >= 0.3 is 0 Å². The van der Waals surface area contributed by atoms with Gasteiger partial charge in [-0.3, -0.25) is 4.99 Å². The molecular weight excluding hydrogens is 409 g/mol. The summed E-state index contributed by atoms with van der Waals surface area (Å²) in [5.74, 6) is 1.35. The van der Waals surface area contributed by atoms with Crippen LogP contribution in [0.4, 0.5) is 0 Å². The predicted octanol–water partition coefficient (Wildman–Crippen LogP) is 3.20. The van der Waals surface area contributed by atoms with Gasteiger partial charge in [0.2, 0.25) is 0 Å². The van der Waals surface area contributed by atoms with Crippen molar-refractivity contribution in [2.24, 2.45) is 10.7 Å². The number of ether oxygens (including phenoxy) is 1. The first kappa shape index (κ1) is 18.8. The van der Waals surface area contributed by atoms with Crippen LogP contribution in [0.15, 0.2) is 46.8 Å². The van der Waals surface area contributed by atoms with E-state index in [1.54, 1.807) is 11.3 Å². The summed E-state index contributed by atoms with van der Waals surface area (Å²) in [4.78, 5) is 5.62. The molecule has 1 aromatic heterocycles. The molecule has 2 rings (SSSR count). The van der Waals surface area contributed by atoms with E-state index in [4.69, 9.17) is 10.5 Å². The molecular formula is C16H22IN3OS. The number of aliphatic imine (C=N–C) groups is 1. The Bertz CT molecular complexity index is 573. The number of nitrogens with one attached hydrogen (secondary N) is 1. The Morgan fingerprint density at radius 2 is 2.18 bits per heavy atom. The number of nitrogens with two attached hydrogens (primary N) is 1. The highest BCUT2D eigenvalue weighted by Crippen LogP contribution is 2.11. The number of aryl methyl sites for hydroxylation is 1. The molecule has 1 heterocycles. The lowest BCUT2D eigenvalue weighted by molar-refractivity contribution is 0.322. The fourth-order valence-corrected chi connectivity index (χ4v) is 2.55. The highest BCUT2D eigenvalue weighted by molar-refractivity contribution is 14.0. The van der Waals surface area contributed by atoms with Gasteiger partial charge in [0, 0.05) is 17.8 Å². The number of halogens is 1. The fraction of sp³-hybridized carbons (Fsp3) is 0.312. The van der Waals surface area contributed by atoms with Crippen molar-refractivity contribution in [3.05, 3.63) is 52.2 Å². The Morgan fingerprint density at radius 3 is 2.91 bits per heavy atom. The Kier molecular flexibility index (Phi) is 8.91. The molecule has 0 fully saturated rings. The van der Waals surface area contributed by atoms with Crippen molar-refractivity contribution in [2.45, 2.75) is 13.3 Å². The summed E-state index contributed by atoms with van der Waals surface area (Å²) >= 11 is 1.74. The van der Waals surface area contributed by atoms with E-state index in [1.165, 1.54) is 10.4 Å². The van der Waals surface area contributed by atoms with E-state index in [-0.39, 0.29) is 24.0 Å². The maximum atomic E-state index is 5.80. The summed E-state index contributed by atoms with van der Waals surface area (Å²) in [7, 11) is 0. The second-order valence-electron chi connectivity index (χ2n) is 4.69. The standard InChI is InChI=1S/C16H21N3OS.HI/c1-13-4-2-5-14(12-13)20-10-9-19-16(17)18-8-7-15-6-3-11-21-15;/h2-6,11-12H,7-10H2,1H3,(H3,17,18,19);1H. The first-order chi connectivity index (χ1) is 10.2. The lowest BCUT2D eigenvalue weighted by atomic mass is 10.2. The summed E-state index contributed by atoms with van der Waals surface area (Å²) in [6.07, 6.45) is 0.930. The van der Waals surface area contributed by atoms with Gasteiger partial charge < -0.3 is 15.8 Å². The molecule has 2 aromatic rings. The van der Waals surface area contributed by atoms with Crippen LogP contribution in [0.3, 0.4) is 0 Å². The zero-order valence-electron chi connectivity index (χ0n) is 12.6. The van der Waals surface area contributed by atoms with Crippen molar-refractivity contribution in [3.63, 3.8) is 0 Å². The largest absolute Gasteiger partial charge is 0.492 e. The van der Waals surface area contributed by atoms with Crippen LogP contribution in [0.25, 0.3) is 0 Å². The van der Waals surface area contributed by atoms with Gasteiger partial charge in [-0.15, -0.1) is 35.3 Å². The van der Waals surface area contributed by atoms with E-state index in [0.29, 0.717) is 25.7 Å². The number of rotatable bonds is 7. The van der Waals surface area contributed by atoms with E-state index >= 15 is 0 Å². The second kappa shape index (κ2) is 10.4. The molecule has 0 saturated heterocycles. The van der Waals surface area contributed by atoms with E-state index in [2.05, 4.69) is 21.8 Å². The van der Waals surface area contributed by atoms with E-state index in [9.17, 15) is 0 Å². The van der Waals surface area contributed by atoms with Gasteiger partial charge in [-0.25, -0.2) is 0 Å². The first-order valence-corrected chi connectivity index (χ1v) is 7.87. The monoisotopic (exact) mass is 431 g/mol. The normalized spacial score (nSPS) is 10.9. The number of guanidine groups is 1. The average molecular weight is 431 g/mol. The van der Waals surface area contributed by atoms with Gasteiger partial charge in [0.05, 0.1) is 6.54 Å². The Morgan fingerprint density at radius 1 is 1.32 bits per heavy atom. The zero-order chi connectivity index (χ0) is 14.9. The average Bonchev–Trinajstić information content (AvgIpc) is 2.97. The van der Waals surface area contributed by atoms with Gasteiger partial charge in [0.15, 0.2) is 5.96 Å². The third kappa shape index (κ3) is 7.13. The summed E-state index contributed by atoms with van der Waals surface area (Å²) in [6, 6.07) is 12.2. The van der Waals surface area contributed by atoms with E-state index in [1.807, 2.05) is 37.3 Å². The molecule has 1 aromatic carbocycles. The molecule has 0 saturated carbocycles. The van der Waals surface area contributed by atoms with Crippen LogP contribution >= 0.6 is 35.3 Å². The van der Waals surface area contributed by atoms with Crippen LogP contribution in [0, 0.1) is 6.92 Å². The summed E-state index contributed by atoms with van der Waals surface area (Å²) in [5.41, 5.74) is 6.99. The first-order valence-electron chi connectivity index (χ1n) is 6.99. The van der Waals surface area contributed by atoms with Crippen LogP contribution in [0.5, 0.6) is 5.75 Å². The minimum Gasteiger partial charge on any atom is -0.492 e. The van der Waals surface area contributed by atoms with Gasteiger partial charge in [-0.05, 0) is 36.1 Å². The van der Waals surface area contributed by atoms with Crippen LogP contribution in [0.1, 0.15) is 10.4 Å². The Hall–Kier alpha value is -1.28. The van der Waals surface area contributed by atoms with E-state index in [0.717, 1.165) is 12.2 Å². The lowest BCUT2D eigenvalue weighted by Gasteiger charge is -2.08. The molecule has 6 heteroatoms. The molecule has 0 radical (unpaired) electrons. The molecule has 0 atom stereocenters. The molecule has 0 unspecified atom stereocenters. The maximum Gasteiger partial charge on any atom is 0.188 e. The van der Waals surface area contributed by atoms with Crippen molar-refractivity contribution in [1.29, 1.82) is 0 Å². The molecule has 0 aliphatic heterocycles. The SMILES string of the molecule is Cc1cccc(OCCNC(N)=NCCc2cccs2)c1.I. The second-order valence-corrected chi connectivity index (χ2v) is 5.72. The number of nitrogens with zero attached hydrogens (tertiary/aromatic N) is 1. The minimum atomic E-state index is 0. The van der Waals surface area contributed by atoms with Crippen molar-refractivity contribution in [2.75, 3.05) is 19.7 Å². The van der Waals surface area contributed by atoms with Gasteiger partial charge in [0.1, 0.15) is 12.4 Å². The van der Waals surface area contributed by atoms with Crippen LogP contribution in [-0.2, 0) is 6.42 Å². The third-order valence-electron chi connectivity index (χ3n) is 2.89. The predicted molar refractivity (Wildman–Crippen MR) is 105 cm³/mol. The van der Waals surface area contributed by atoms with Crippen molar-refractivity contribution >= 4 is 41.3 Å². The zero-order valence-corrected chi connectivity index (χ0v) is 15.8. The Labute approximate surface area is 152 Å². The summed E-state index contributed by atoms with van der Waals surface area (Å²) < 4.78 is 5.63. The Balaban J connectivity index is 0.00000242. The molecule has 0 amide bonds. The molecule has 3 N–H and O–H groups in total. The van der Waals surface area contributed by atoms with Crippen LogP contribution < -0.4 is 15.8 Å². The van der Waals surface area contributed by atoms with Crippen molar-refractivity contribution in [3.8, 4) is 5.75 Å². The molecule has 0 bridgehead atoms. The highest BCUT2D eigenvalue weighted by Gasteiger charge is 1.96. The molecule has 0 aliphatic carbocycles. The van der Waals surface area contributed by atoms with Gasteiger partial charge in [0.25, 0.3) is 0 Å². The molecule has 22 heavy (non-hydrogen) atoms.